The van der Waals surface area contributed by atoms with Gasteiger partial charge < -0.3 is 10.1 Å². The van der Waals surface area contributed by atoms with Crippen molar-refractivity contribution in [1.82, 2.24) is 10.3 Å². The van der Waals surface area contributed by atoms with E-state index in [-0.39, 0.29) is 5.54 Å². The van der Waals surface area contributed by atoms with Gasteiger partial charge in [0.1, 0.15) is 5.01 Å². The molecule has 1 aromatic rings. The standard InChI is InChI=1S/C12H20N2OS/c1-8(2)14-12(5-6-15-7-12)11-13-9(3)10(4)16-11/h8,14H,5-7H2,1-4H3. The van der Waals surface area contributed by atoms with Gasteiger partial charge >= 0.3 is 0 Å². The lowest BCUT2D eigenvalue weighted by atomic mass is 9.98. The molecule has 0 spiro atoms. The van der Waals surface area contributed by atoms with Gasteiger partial charge in [0.2, 0.25) is 0 Å². The fourth-order valence-electron chi connectivity index (χ4n) is 2.14. The van der Waals surface area contributed by atoms with E-state index in [0.29, 0.717) is 6.04 Å². The van der Waals surface area contributed by atoms with E-state index < -0.39 is 0 Å². The Bertz CT molecular complexity index is 348. The third kappa shape index (κ3) is 2.14. The van der Waals surface area contributed by atoms with Crippen LogP contribution in [0.1, 0.15) is 35.8 Å². The maximum Gasteiger partial charge on any atom is 0.116 e. The Kier molecular flexibility index (Phi) is 3.33. The van der Waals surface area contributed by atoms with Crippen LogP contribution in [0.25, 0.3) is 0 Å². The Hall–Kier alpha value is -0.450. The second-order valence-corrected chi connectivity index (χ2v) is 6.05. The van der Waals surface area contributed by atoms with Crippen LogP contribution in [0.4, 0.5) is 0 Å². The van der Waals surface area contributed by atoms with Crippen LogP contribution in [-0.2, 0) is 10.3 Å². The van der Waals surface area contributed by atoms with Crippen molar-refractivity contribution in [2.24, 2.45) is 0 Å². The maximum atomic E-state index is 5.57. The van der Waals surface area contributed by atoms with Crippen LogP contribution >= 0.6 is 11.3 Å². The SMILES string of the molecule is Cc1nc(C2(NC(C)C)CCOC2)sc1C. The van der Waals surface area contributed by atoms with Crippen molar-refractivity contribution in [3.63, 3.8) is 0 Å². The number of rotatable bonds is 3. The van der Waals surface area contributed by atoms with E-state index in [2.05, 4.69) is 33.0 Å². The van der Waals surface area contributed by atoms with Crippen molar-refractivity contribution in [3.8, 4) is 0 Å². The van der Waals surface area contributed by atoms with Crippen LogP contribution in [0.3, 0.4) is 0 Å². The molecule has 0 saturated carbocycles. The highest BCUT2D eigenvalue weighted by Gasteiger charge is 2.39. The van der Waals surface area contributed by atoms with E-state index in [1.165, 1.54) is 9.88 Å². The number of ether oxygens (including phenoxy) is 1. The second kappa shape index (κ2) is 4.43. The van der Waals surface area contributed by atoms with Crippen LogP contribution < -0.4 is 5.32 Å². The third-order valence-corrected chi connectivity index (χ3v) is 4.30. The Morgan fingerprint density at radius 1 is 1.44 bits per heavy atom. The van der Waals surface area contributed by atoms with Crippen LogP contribution in [0.2, 0.25) is 0 Å². The predicted octanol–water partition coefficient (Wildman–Crippen LogP) is 2.37. The summed E-state index contributed by atoms with van der Waals surface area (Å²) in [6.07, 6.45) is 1.03. The molecule has 1 unspecified atom stereocenters. The van der Waals surface area contributed by atoms with Gasteiger partial charge in [0.15, 0.2) is 0 Å². The van der Waals surface area contributed by atoms with Gasteiger partial charge in [-0.1, -0.05) is 0 Å². The molecular formula is C12H20N2OS. The van der Waals surface area contributed by atoms with E-state index in [1.807, 2.05) is 0 Å². The molecule has 0 aliphatic carbocycles. The molecule has 16 heavy (non-hydrogen) atoms. The number of nitrogens with zero attached hydrogens (tertiary/aromatic N) is 1. The predicted molar refractivity (Wildman–Crippen MR) is 67.0 cm³/mol. The molecule has 2 heterocycles. The van der Waals surface area contributed by atoms with Crippen LogP contribution in [0.5, 0.6) is 0 Å². The largest absolute Gasteiger partial charge is 0.379 e. The molecule has 1 aromatic heterocycles. The fraction of sp³-hybridized carbons (Fsp3) is 0.750. The summed E-state index contributed by atoms with van der Waals surface area (Å²) in [4.78, 5) is 6.01. The minimum atomic E-state index is -0.0438. The fourth-order valence-corrected chi connectivity index (χ4v) is 3.22. The average molecular weight is 240 g/mol. The van der Waals surface area contributed by atoms with Gasteiger partial charge in [0.25, 0.3) is 0 Å². The summed E-state index contributed by atoms with van der Waals surface area (Å²) in [6.45, 7) is 10.1. The summed E-state index contributed by atoms with van der Waals surface area (Å²) < 4.78 is 5.57. The number of hydrogen-bond donors (Lipinski definition) is 1. The summed E-state index contributed by atoms with van der Waals surface area (Å²) >= 11 is 1.80. The van der Waals surface area contributed by atoms with E-state index in [0.717, 1.165) is 25.3 Å². The lowest BCUT2D eigenvalue weighted by Crippen LogP contribution is -2.46. The quantitative estimate of drug-likeness (QED) is 0.881. The molecule has 1 aliphatic rings. The van der Waals surface area contributed by atoms with E-state index in [9.17, 15) is 0 Å². The molecule has 0 radical (unpaired) electrons. The summed E-state index contributed by atoms with van der Waals surface area (Å²) in [5, 5.41) is 4.82. The first-order valence-corrected chi connectivity index (χ1v) is 6.65. The lowest BCUT2D eigenvalue weighted by molar-refractivity contribution is 0.162. The highest BCUT2D eigenvalue weighted by Crippen LogP contribution is 2.34. The van der Waals surface area contributed by atoms with E-state index in [1.54, 1.807) is 11.3 Å². The van der Waals surface area contributed by atoms with Gasteiger partial charge in [0, 0.05) is 17.5 Å². The smallest absolute Gasteiger partial charge is 0.116 e. The summed E-state index contributed by atoms with van der Waals surface area (Å²) in [6, 6.07) is 0.450. The molecule has 0 bridgehead atoms. The number of thiazole rings is 1. The Labute approximate surface area is 101 Å². The molecule has 0 aromatic carbocycles. The van der Waals surface area contributed by atoms with Gasteiger partial charge in [-0.2, -0.15) is 0 Å². The molecule has 90 valence electrons. The van der Waals surface area contributed by atoms with Gasteiger partial charge in [-0.3, -0.25) is 0 Å². The maximum absolute atomic E-state index is 5.57. The number of nitrogens with one attached hydrogen (secondary N) is 1. The highest BCUT2D eigenvalue weighted by molar-refractivity contribution is 7.11. The van der Waals surface area contributed by atoms with Crippen LogP contribution in [0, 0.1) is 13.8 Å². The number of hydrogen-bond acceptors (Lipinski definition) is 4. The van der Waals surface area contributed by atoms with Gasteiger partial charge in [-0.15, -0.1) is 11.3 Å². The Morgan fingerprint density at radius 3 is 2.62 bits per heavy atom. The highest BCUT2D eigenvalue weighted by atomic mass is 32.1. The first-order chi connectivity index (χ1) is 7.53. The minimum absolute atomic E-state index is 0.0438. The summed E-state index contributed by atoms with van der Waals surface area (Å²) in [5.41, 5.74) is 1.11. The second-order valence-electron chi connectivity index (χ2n) is 4.84. The summed E-state index contributed by atoms with van der Waals surface area (Å²) in [7, 11) is 0. The van der Waals surface area contributed by atoms with Crippen LogP contribution in [0.15, 0.2) is 0 Å². The number of aryl methyl sites for hydroxylation is 2. The van der Waals surface area contributed by atoms with Crippen molar-refractivity contribution in [1.29, 1.82) is 0 Å². The Morgan fingerprint density at radius 2 is 2.19 bits per heavy atom. The molecule has 1 N–H and O–H groups in total. The minimum Gasteiger partial charge on any atom is -0.379 e. The van der Waals surface area contributed by atoms with Gasteiger partial charge in [-0.05, 0) is 34.1 Å². The molecule has 1 saturated heterocycles. The van der Waals surface area contributed by atoms with E-state index >= 15 is 0 Å². The zero-order valence-corrected chi connectivity index (χ0v) is 11.3. The lowest BCUT2D eigenvalue weighted by Gasteiger charge is -2.29. The first kappa shape index (κ1) is 12.0. The van der Waals surface area contributed by atoms with Gasteiger partial charge in [0.05, 0.1) is 17.8 Å². The third-order valence-electron chi connectivity index (χ3n) is 3.02. The van der Waals surface area contributed by atoms with Crippen LogP contribution in [-0.4, -0.2) is 24.2 Å². The molecule has 1 atom stereocenters. The van der Waals surface area contributed by atoms with Crippen molar-refractivity contribution in [2.75, 3.05) is 13.2 Å². The zero-order chi connectivity index (χ0) is 11.8. The molecule has 1 fully saturated rings. The molecule has 3 nitrogen and oxygen atoms in total. The molecule has 0 amide bonds. The van der Waals surface area contributed by atoms with E-state index in [4.69, 9.17) is 9.72 Å². The average Bonchev–Trinajstić information content (AvgIpc) is 2.75. The topological polar surface area (TPSA) is 34.2 Å². The molecule has 4 heteroatoms. The van der Waals surface area contributed by atoms with Crippen molar-refractivity contribution in [2.45, 2.75) is 45.7 Å². The van der Waals surface area contributed by atoms with Gasteiger partial charge in [-0.25, -0.2) is 4.98 Å². The Balaban J connectivity index is 2.31. The van der Waals surface area contributed by atoms with Crippen molar-refractivity contribution in [3.05, 3.63) is 15.6 Å². The molecule has 1 aliphatic heterocycles. The first-order valence-electron chi connectivity index (χ1n) is 5.83. The monoisotopic (exact) mass is 240 g/mol. The van der Waals surface area contributed by atoms with Crippen molar-refractivity contribution >= 4 is 11.3 Å². The summed E-state index contributed by atoms with van der Waals surface area (Å²) in [5.74, 6) is 0. The zero-order valence-electron chi connectivity index (χ0n) is 10.5. The molecular weight excluding hydrogens is 220 g/mol. The van der Waals surface area contributed by atoms with Crippen molar-refractivity contribution < 1.29 is 4.74 Å². The molecule has 2 rings (SSSR count). The normalized spacial score (nSPS) is 25.6. The number of aromatic nitrogens is 1.